The molecule has 1 aliphatic heterocycles. The fourth-order valence-corrected chi connectivity index (χ4v) is 3.51. The first-order valence-corrected chi connectivity index (χ1v) is 10.8. The van der Waals surface area contributed by atoms with Gasteiger partial charge in [-0.05, 0) is 44.7 Å². The second kappa shape index (κ2) is 11.9. The largest absolute Gasteiger partial charge is 0.467 e. The number of hydrogen-bond donors (Lipinski definition) is 0. The molecule has 1 aliphatic rings. The van der Waals surface area contributed by atoms with Gasteiger partial charge in [-0.3, -0.25) is 9.59 Å². The maximum absolute atomic E-state index is 13.2. The predicted octanol–water partition coefficient (Wildman–Crippen LogP) is 3.99. The van der Waals surface area contributed by atoms with Crippen LogP contribution in [0.25, 0.3) is 0 Å². The van der Waals surface area contributed by atoms with Crippen molar-refractivity contribution in [3.05, 3.63) is 24.2 Å². The van der Waals surface area contributed by atoms with E-state index in [1.807, 2.05) is 19.1 Å². The van der Waals surface area contributed by atoms with Gasteiger partial charge in [0.2, 0.25) is 11.8 Å². The van der Waals surface area contributed by atoms with Crippen LogP contribution in [0.3, 0.4) is 0 Å². The Labute approximate surface area is 169 Å². The summed E-state index contributed by atoms with van der Waals surface area (Å²) in [6.45, 7) is 8.01. The zero-order chi connectivity index (χ0) is 20.4. The van der Waals surface area contributed by atoms with Gasteiger partial charge in [-0.25, -0.2) is 0 Å². The van der Waals surface area contributed by atoms with Crippen molar-refractivity contribution in [2.75, 3.05) is 19.7 Å². The molecule has 0 N–H and O–H groups in total. The van der Waals surface area contributed by atoms with Crippen molar-refractivity contribution in [1.82, 2.24) is 9.80 Å². The lowest BCUT2D eigenvalue weighted by atomic mass is 10.1. The second-order valence-corrected chi connectivity index (χ2v) is 7.72. The summed E-state index contributed by atoms with van der Waals surface area (Å²) in [5.74, 6) is 0.776. The van der Waals surface area contributed by atoms with Crippen molar-refractivity contribution in [1.29, 1.82) is 0 Å². The Kier molecular flexibility index (Phi) is 9.55. The number of carbonyl (C=O) groups excluding carboxylic acids is 2. The molecule has 0 aromatic carbocycles. The molecule has 1 aromatic heterocycles. The maximum Gasteiger partial charge on any atom is 0.242 e. The standard InChI is InChI=1S/C22H36N2O4/c1-4-6-7-12-21(25)24(18(3)5-2)17-22(26)23(15-19-10-8-13-27-19)16-20-11-9-14-28-20/h8,10,13,18,20H,4-7,9,11-12,14-17H2,1-3H3/t18-,20+/m1/s1. The number of unbranched alkanes of at least 4 members (excludes halogenated alkanes) is 2. The highest BCUT2D eigenvalue weighted by Gasteiger charge is 2.27. The van der Waals surface area contributed by atoms with E-state index in [9.17, 15) is 9.59 Å². The third-order valence-corrected chi connectivity index (χ3v) is 5.47. The summed E-state index contributed by atoms with van der Waals surface area (Å²) < 4.78 is 11.2. The average molecular weight is 393 g/mol. The minimum atomic E-state index is -0.0453. The van der Waals surface area contributed by atoms with Crippen molar-refractivity contribution in [3.8, 4) is 0 Å². The highest BCUT2D eigenvalue weighted by Crippen LogP contribution is 2.17. The Morgan fingerprint density at radius 3 is 2.68 bits per heavy atom. The Balaban J connectivity index is 2.04. The summed E-state index contributed by atoms with van der Waals surface area (Å²) in [7, 11) is 0. The average Bonchev–Trinajstić information content (AvgIpc) is 3.39. The third kappa shape index (κ3) is 6.97. The van der Waals surface area contributed by atoms with Gasteiger partial charge in [-0.2, -0.15) is 0 Å². The molecule has 28 heavy (non-hydrogen) atoms. The van der Waals surface area contributed by atoms with Crippen LogP contribution in [0, 0.1) is 0 Å². The van der Waals surface area contributed by atoms with Crippen molar-refractivity contribution < 1.29 is 18.7 Å². The summed E-state index contributed by atoms with van der Waals surface area (Å²) in [5.41, 5.74) is 0. The number of furan rings is 1. The highest BCUT2D eigenvalue weighted by atomic mass is 16.5. The van der Waals surface area contributed by atoms with Gasteiger partial charge in [-0.15, -0.1) is 0 Å². The van der Waals surface area contributed by atoms with Crippen LogP contribution < -0.4 is 0 Å². The van der Waals surface area contributed by atoms with Crippen LogP contribution in [0.15, 0.2) is 22.8 Å². The number of rotatable bonds is 12. The van der Waals surface area contributed by atoms with Crippen LogP contribution in [0.1, 0.15) is 71.5 Å². The van der Waals surface area contributed by atoms with Crippen molar-refractivity contribution in [2.24, 2.45) is 0 Å². The molecule has 6 nitrogen and oxygen atoms in total. The molecule has 2 rings (SSSR count). The van der Waals surface area contributed by atoms with E-state index in [1.165, 1.54) is 0 Å². The normalized spacial score (nSPS) is 17.5. The Hall–Kier alpha value is -1.82. The molecule has 1 saturated heterocycles. The molecular weight excluding hydrogens is 356 g/mol. The van der Waals surface area contributed by atoms with Crippen LogP contribution in [0.4, 0.5) is 0 Å². The summed E-state index contributed by atoms with van der Waals surface area (Å²) in [4.78, 5) is 29.4. The van der Waals surface area contributed by atoms with Crippen LogP contribution in [0.5, 0.6) is 0 Å². The molecule has 2 amide bonds. The molecule has 0 radical (unpaired) electrons. The van der Waals surface area contributed by atoms with E-state index < -0.39 is 0 Å². The first-order chi connectivity index (χ1) is 13.5. The molecule has 1 aromatic rings. The molecule has 1 fully saturated rings. The van der Waals surface area contributed by atoms with E-state index in [0.29, 0.717) is 19.5 Å². The Morgan fingerprint density at radius 1 is 1.25 bits per heavy atom. The van der Waals surface area contributed by atoms with Gasteiger partial charge in [0.15, 0.2) is 0 Å². The lowest BCUT2D eigenvalue weighted by Gasteiger charge is -2.32. The van der Waals surface area contributed by atoms with E-state index in [4.69, 9.17) is 9.15 Å². The first-order valence-electron chi connectivity index (χ1n) is 10.8. The molecule has 0 bridgehead atoms. The van der Waals surface area contributed by atoms with Crippen LogP contribution in [-0.2, 0) is 20.9 Å². The Morgan fingerprint density at radius 2 is 2.07 bits per heavy atom. The van der Waals surface area contributed by atoms with E-state index in [-0.39, 0.29) is 30.5 Å². The molecule has 2 heterocycles. The molecule has 2 atom stereocenters. The van der Waals surface area contributed by atoms with Crippen molar-refractivity contribution in [3.63, 3.8) is 0 Å². The summed E-state index contributed by atoms with van der Waals surface area (Å²) in [6, 6.07) is 3.75. The van der Waals surface area contributed by atoms with Gasteiger partial charge in [-0.1, -0.05) is 26.7 Å². The summed E-state index contributed by atoms with van der Waals surface area (Å²) >= 11 is 0. The summed E-state index contributed by atoms with van der Waals surface area (Å²) in [6.07, 6.45) is 8.01. The van der Waals surface area contributed by atoms with Crippen LogP contribution in [-0.4, -0.2) is 53.5 Å². The van der Waals surface area contributed by atoms with Crippen molar-refractivity contribution >= 4 is 11.8 Å². The minimum absolute atomic E-state index is 0.0453. The summed E-state index contributed by atoms with van der Waals surface area (Å²) in [5, 5.41) is 0. The zero-order valence-electron chi connectivity index (χ0n) is 17.7. The fourth-order valence-electron chi connectivity index (χ4n) is 3.51. The van der Waals surface area contributed by atoms with Gasteiger partial charge >= 0.3 is 0 Å². The number of carbonyl (C=O) groups is 2. The highest BCUT2D eigenvalue weighted by molar-refractivity contribution is 5.85. The van der Waals surface area contributed by atoms with Gasteiger partial charge in [0.25, 0.3) is 0 Å². The number of amides is 2. The van der Waals surface area contributed by atoms with E-state index in [1.54, 1.807) is 16.1 Å². The van der Waals surface area contributed by atoms with E-state index >= 15 is 0 Å². The smallest absolute Gasteiger partial charge is 0.242 e. The topological polar surface area (TPSA) is 63.0 Å². The maximum atomic E-state index is 13.2. The predicted molar refractivity (Wildman–Crippen MR) is 109 cm³/mol. The quantitative estimate of drug-likeness (QED) is 0.505. The molecular formula is C22H36N2O4. The van der Waals surface area contributed by atoms with Crippen LogP contribution >= 0.6 is 0 Å². The number of ether oxygens (including phenoxy) is 1. The fraction of sp³-hybridized carbons (Fsp3) is 0.727. The van der Waals surface area contributed by atoms with Gasteiger partial charge < -0.3 is 19.0 Å². The van der Waals surface area contributed by atoms with Crippen molar-refractivity contribution in [2.45, 2.75) is 84.4 Å². The zero-order valence-corrected chi connectivity index (χ0v) is 17.7. The monoisotopic (exact) mass is 392 g/mol. The van der Waals surface area contributed by atoms with E-state index in [2.05, 4.69) is 13.8 Å². The second-order valence-electron chi connectivity index (χ2n) is 7.72. The lowest BCUT2D eigenvalue weighted by Crippen LogP contribution is -2.47. The van der Waals surface area contributed by atoms with E-state index in [0.717, 1.165) is 50.9 Å². The van der Waals surface area contributed by atoms with Gasteiger partial charge in [0, 0.05) is 25.6 Å². The number of nitrogens with zero attached hydrogens (tertiary/aromatic N) is 2. The molecule has 0 spiro atoms. The Bertz CT molecular complexity index is 581. The first kappa shape index (κ1) is 22.5. The molecule has 158 valence electrons. The molecule has 0 aliphatic carbocycles. The molecule has 0 saturated carbocycles. The molecule has 6 heteroatoms. The van der Waals surface area contributed by atoms with Gasteiger partial charge in [0.1, 0.15) is 12.3 Å². The minimum Gasteiger partial charge on any atom is -0.467 e. The number of hydrogen-bond acceptors (Lipinski definition) is 4. The molecule has 0 unspecified atom stereocenters. The van der Waals surface area contributed by atoms with Crippen LogP contribution in [0.2, 0.25) is 0 Å². The SMILES string of the molecule is CCCCCC(=O)N(CC(=O)N(Cc1ccco1)C[C@@H]1CCCO1)[C@H](C)CC. The van der Waals surface area contributed by atoms with Gasteiger partial charge in [0.05, 0.1) is 18.9 Å². The third-order valence-electron chi connectivity index (χ3n) is 5.47. The lowest BCUT2D eigenvalue weighted by molar-refractivity contribution is -0.143.